The number of fused-ring (bicyclic) bond motifs is 4. The highest BCUT2D eigenvalue weighted by Crippen LogP contribution is 2.72. The van der Waals surface area contributed by atoms with Gasteiger partial charge < -0.3 is 0 Å². The van der Waals surface area contributed by atoms with Gasteiger partial charge in [-0.1, -0.05) is 151 Å². The van der Waals surface area contributed by atoms with E-state index in [1.165, 1.54) is 64.3 Å². The van der Waals surface area contributed by atoms with Crippen molar-refractivity contribution in [2.75, 3.05) is 0 Å². The van der Waals surface area contributed by atoms with Crippen LogP contribution in [0.2, 0.25) is 0 Å². The van der Waals surface area contributed by atoms with Gasteiger partial charge >= 0.3 is 0 Å². The Hall–Kier alpha value is -6.52. The molecule has 6 atom stereocenters. The van der Waals surface area contributed by atoms with Gasteiger partial charge in [-0.15, -0.1) is 12.3 Å². The molecule has 0 amide bonds. The molecule has 0 radical (unpaired) electrons. The quantitative estimate of drug-likeness (QED) is 0.141. The average Bonchev–Trinajstić information content (AvgIpc) is 3.92. The third-order valence-corrected chi connectivity index (χ3v) is 14.5. The van der Waals surface area contributed by atoms with Gasteiger partial charge in [0.2, 0.25) is 0 Å². The predicted octanol–water partition coefficient (Wildman–Crippen LogP) is 11.6. The van der Waals surface area contributed by atoms with Gasteiger partial charge in [-0.3, -0.25) is 0 Å². The van der Waals surface area contributed by atoms with E-state index in [9.17, 15) is 0 Å². The van der Waals surface area contributed by atoms with Crippen LogP contribution in [-0.4, -0.2) is 0 Å². The molecule has 0 saturated heterocycles. The molecule has 0 heteroatoms. The molecule has 0 N–H and O–H groups in total. The minimum atomic E-state index is 0.275. The summed E-state index contributed by atoms with van der Waals surface area (Å²) in [5, 5.41) is 2.32. The van der Waals surface area contributed by atoms with Crippen molar-refractivity contribution in [1.82, 2.24) is 0 Å². The SMILES string of the molecule is C#CC1=C(C#CC)Cc2ccc(-c3cccc(C4=c5c#cccc5=C(C5=C6C=CC=CC6C(c6ccc(C7CCC=CC8[C@H]9C=CCC[C@@]789)cc6)C=C5)CC=C4)c3)cc21. The predicted molar refractivity (Wildman–Crippen MR) is 244 cm³/mol. The smallest absolute Gasteiger partial charge is 0.0437 e. The monoisotopic (exact) mass is 754 g/mol. The molecule has 7 aliphatic carbocycles. The fourth-order valence-corrected chi connectivity index (χ4v) is 11.7. The van der Waals surface area contributed by atoms with E-state index < -0.39 is 0 Å². The molecule has 4 unspecified atom stereocenters. The van der Waals surface area contributed by atoms with Crippen LogP contribution in [0.3, 0.4) is 0 Å². The summed E-state index contributed by atoms with van der Waals surface area (Å²) in [7, 11) is 0. The van der Waals surface area contributed by atoms with Crippen molar-refractivity contribution in [3.8, 4) is 35.3 Å². The lowest BCUT2D eigenvalue weighted by Crippen LogP contribution is -2.29. The molecule has 282 valence electrons. The molecule has 1 spiro atoms. The third kappa shape index (κ3) is 5.79. The van der Waals surface area contributed by atoms with Crippen LogP contribution in [0.25, 0.3) is 27.8 Å². The van der Waals surface area contributed by atoms with E-state index in [-0.39, 0.29) is 11.8 Å². The summed E-state index contributed by atoms with van der Waals surface area (Å²) in [6.07, 6.45) is 41.4. The first-order chi connectivity index (χ1) is 29.2. The van der Waals surface area contributed by atoms with Crippen molar-refractivity contribution in [1.29, 1.82) is 0 Å². The molecule has 0 aromatic heterocycles. The lowest BCUT2D eigenvalue weighted by atomic mass is 9.71. The zero-order valence-corrected chi connectivity index (χ0v) is 33.6. The summed E-state index contributed by atoms with van der Waals surface area (Å²) in [4.78, 5) is 0. The van der Waals surface area contributed by atoms with Crippen molar-refractivity contribution in [2.45, 2.75) is 57.3 Å². The Morgan fingerprint density at radius 2 is 1.58 bits per heavy atom. The van der Waals surface area contributed by atoms with Crippen LogP contribution in [-0.2, 0) is 6.42 Å². The first kappa shape index (κ1) is 35.6. The molecule has 7 aliphatic rings. The summed E-state index contributed by atoms with van der Waals surface area (Å²) in [6, 6.07) is 36.6. The summed E-state index contributed by atoms with van der Waals surface area (Å²) in [5.41, 5.74) is 16.4. The van der Waals surface area contributed by atoms with E-state index >= 15 is 0 Å². The zero-order valence-electron chi connectivity index (χ0n) is 33.6. The van der Waals surface area contributed by atoms with Crippen LogP contribution in [0.5, 0.6) is 0 Å². The van der Waals surface area contributed by atoms with Crippen LogP contribution >= 0.6 is 0 Å². The van der Waals surface area contributed by atoms with Gasteiger partial charge in [0.25, 0.3) is 0 Å². The summed E-state index contributed by atoms with van der Waals surface area (Å²) < 4.78 is 0. The van der Waals surface area contributed by atoms with Crippen molar-refractivity contribution < 1.29 is 0 Å². The maximum absolute atomic E-state index is 6.02. The van der Waals surface area contributed by atoms with Crippen LogP contribution in [0.1, 0.15) is 78.7 Å². The largest absolute Gasteiger partial charge is 0.115 e. The van der Waals surface area contributed by atoms with E-state index in [0.717, 1.165) is 68.9 Å². The molecular formula is C59H46. The van der Waals surface area contributed by atoms with Crippen LogP contribution in [0, 0.1) is 59.5 Å². The Morgan fingerprint density at radius 3 is 2.44 bits per heavy atom. The minimum absolute atomic E-state index is 0.275. The number of benzene rings is 3. The van der Waals surface area contributed by atoms with Crippen molar-refractivity contribution in [2.24, 2.45) is 23.2 Å². The molecule has 0 aliphatic heterocycles. The topological polar surface area (TPSA) is 0 Å². The molecule has 1 saturated carbocycles. The van der Waals surface area contributed by atoms with E-state index in [2.05, 4.69) is 176 Å². The van der Waals surface area contributed by atoms with E-state index in [4.69, 9.17) is 6.42 Å². The van der Waals surface area contributed by atoms with Crippen LogP contribution in [0.15, 0.2) is 168 Å². The van der Waals surface area contributed by atoms with Gasteiger partial charge in [-0.05, 0) is 153 Å². The molecule has 0 nitrogen and oxygen atoms in total. The number of hydrogen-bond donors (Lipinski definition) is 0. The molecule has 1 fully saturated rings. The number of allylic oxidation sites excluding steroid dienone is 16. The molecule has 0 bridgehead atoms. The van der Waals surface area contributed by atoms with E-state index in [1.54, 1.807) is 0 Å². The van der Waals surface area contributed by atoms with Gasteiger partial charge in [-0.25, -0.2) is 0 Å². The Balaban J connectivity index is 0.942. The second kappa shape index (κ2) is 14.4. The highest BCUT2D eigenvalue weighted by atomic mass is 14.7. The average molecular weight is 755 g/mol. The molecule has 0 heterocycles. The van der Waals surface area contributed by atoms with Crippen molar-refractivity contribution in [3.05, 3.63) is 219 Å². The van der Waals surface area contributed by atoms with Crippen LogP contribution < -0.4 is 10.4 Å². The fraction of sp³-hybridized carbons (Fsp3) is 0.220. The van der Waals surface area contributed by atoms with Gasteiger partial charge in [-0.2, -0.15) is 0 Å². The van der Waals surface area contributed by atoms with E-state index in [0.29, 0.717) is 11.3 Å². The summed E-state index contributed by atoms with van der Waals surface area (Å²) >= 11 is 0. The van der Waals surface area contributed by atoms with Crippen molar-refractivity contribution in [3.63, 3.8) is 0 Å². The number of terminal acetylenes is 1. The van der Waals surface area contributed by atoms with E-state index in [1.807, 2.05) is 13.0 Å². The second-order valence-electron chi connectivity index (χ2n) is 17.3. The maximum Gasteiger partial charge on any atom is 0.0437 e. The normalized spacial score (nSPS) is 26.7. The van der Waals surface area contributed by atoms with Gasteiger partial charge in [0.1, 0.15) is 0 Å². The second-order valence-corrected chi connectivity index (χ2v) is 17.3. The molecule has 59 heavy (non-hydrogen) atoms. The number of hydrogen-bond acceptors (Lipinski definition) is 0. The number of rotatable bonds is 5. The Bertz CT molecular complexity index is 2920. The Kier molecular flexibility index (Phi) is 8.69. The lowest BCUT2D eigenvalue weighted by molar-refractivity contribution is 0.322. The van der Waals surface area contributed by atoms with Crippen LogP contribution in [0.4, 0.5) is 0 Å². The van der Waals surface area contributed by atoms with Gasteiger partial charge in [0.15, 0.2) is 0 Å². The molecule has 4 aromatic carbocycles. The first-order valence-corrected chi connectivity index (χ1v) is 21.6. The molecular weight excluding hydrogens is 709 g/mol. The maximum atomic E-state index is 6.02. The zero-order chi connectivity index (χ0) is 39.5. The highest BCUT2D eigenvalue weighted by molar-refractivity contribution is 5.91. The molecule has 11 rings (SSSR count). The lowest BCUT2D eigenvalue weighted by Gasteiger charge is -2.32. The fourth-order valence-electron chi connectivity index (χ4n) is 11.7. The third-order valence-electron chi connectivity index (χ3n) is 14.5. The van der Waals surface area contributed by atoms with Gasteiger partial charge in [0, 0.05) is 34.6 Å². The summed E-state index contributed by atoms with van der Waals surface area (Å²) in [6.45, 7) is 1.87. The standard InChI is InChI=1S/C59H46/c1-3-15-43-37-45-32-31-42(38-55(45)46(43)4-2)41-16-13-17-44(36-41)47-22-14-23-53(51-20-7-5-18-49(47)51)54-34-33-48(50-19-6-8-21-52(50)54)39-27-29-40(30-28-39)56-24-9-10-25-57-58-26-11-12-35-59(56,57)58/h2,6-8,10-11,13-14,16-17,19-22,25-34,36,38,48,50,56-58H,9,12,23-24,35,37H2,1H3/t48?,50?,56?,57?,58-,59-/m1/s1. The van der Waals surface area contributed by atoms with Crippen molar-refractivity contribution >= 4 is 16.7 Å². The minimum Gasteiger partial charge on any atom is -0.115 e. The first-order valence-electron chi connectivity index (χ1n) is 21.6. The summed E-state index contributed by atoms with van der Waals surface area (Å²) in [5.74, 6) is 11.9. The Labute approximate surface area is 349 Å². The van der Waals surface area contributed by atoms with Gasteiger partial charge in [0.05, 0.1) is 0 Å². The highest BCUT2D eigenvalue weighted by Gasteiger charge is 2.65. The molecule has 4 aromatic rings. The Morgan fingerprint density at radius 1 is 0.746 bits per heavy atom.